The Balaban J connectivity index is 0.000000167. The Morgan fingerprint density at radius 3 is 1.51 bits per heavy atom. The fraction of sp³-hybridized carbons (Fsp3) is 0.395. The lowest BCUT2D eigenvalue weighted by Crippen LogP contribution is -2.16. The van der Waals surface area contributed by atoms with E-state index in [0.717, 1.165) is 39.4 Å². The number of hydrogen-bond donors (Lipinski definition) is 8. The minimum atomic E-state index is -0.237. The van der Waals surface area contributed by atoms with E-state index in [2.05, 4.69) is 218 Å². The summed E-state index contributed by atoms with van der Waals surface area (Å²) in [5.41, 5.74) is 39.7. The lowest BCUT2D eigenvalue weighted by molar-refractivity contribution is 0.494. The lowest BCUT2D eigenvalue weighted by Gasteiger charge is -2.12. The van der Waals surface area contributed by atoms with Crippen LogP contribution in [0.25, 0.3) is 95.1 Å². The van der Waals surface area contributed by atoms with Crippen LogP contribution in [0.3, 0.4) is 0 Å². The number of imidazole rings is 6. The first-order valence-electron chi connectivity index (χ1n) is 42.4. The minimum Gasteiger partial charge on any atom is -0.397 e. The summed E-state index contributed by atoms with van der Waals surface area (Å²) in [7, 11) is 0. The molecule has 0 unspecified atom stereocenters. The summed E-state index contributed by atoms with van der Waals surface area (Å²) in [6.07, 6.45) is 28.0. The van der Waals surface area contributed by atoms with Crippen LogP contribution >= 0.6 is 0 Å². The maximum Gasteiger partial charge on any atom is 0.281 e. The first kappa shape index (κ1) is 101. The molecule has 0 fully saturated rings. The number of aryl methyl sites for hydroxylation is 2. The molecule has 48 nitrogen and oxygen atoms in total. The number of aromatic amines is 3. The standard InChI is InChI=1S/C10H13N3O.C9H12N4.2C9H11N3O.C8H11N5O.3C8H11N5.C8H10N4O.C7H10N6.2CH4/c1-6(2)13-5-11-9-8(14)4-7(3)12-10(9)13;1-6(2)13-4-3-7-8(10)11-5-12-9(7)13;1-7(2)11-5-3-8(13)12-6-4-10-9(11)12;1-7(2)11-5-3-8(13)9-10-4-6-12(9)11;1-4(2)13-7-6(11-12-13)8(14)10-5(3)9-7;1-5(2)13-4-12-6-7(9)10-3-11-8(6)13;1-5(2)6-3-10-8-7(9)11-4-12-13(6)8;1-5(2)13-8-7(11-12-13)6(9)3-4-10-8;1-5(2)12-4-11-6-7(12)9-3-10-8(6)13;1-4(2)13-7-5(11-12-13)6(8)9-3-10-7;;/h4-6H,1-3H3,(H,12,14);3-6H,1-2H3,(H2,10,11,12);2*3-7H,1-2H3;4H,1-3H3,(H,9,10,14);3-5H,1-2H3,(H2,9,10,11);3-5H,1-2H3,(H2,9,11,12);3-5H,1-2H3,(H2,9,10);3-5H,1-2H3,(H,9,10,13);3-4H,1-2H3,(H2,8,9,10);2*1H4. The monoisotopic (exact) mass is 1830 g/mol. The van der Waals surface area contributed by atoms with Gasteiger partial charge >= 0.3 is 0 Å². The Morgan fingerprint density at radius 2 is 0.896 bits per heavy atom. The van der Waals surface area contributed by atoms with Gasteiger partial charge in [0.1, 0.15) is 53.8 Å². The molecule has 20 aromatic rings. The molecule has 0 spiro atoms. The zero-order valence-corrected chi connectivity index (χ0v) is 77.6. The second-order valence-corrected chi connectivity index (χ2v) is 32.8. The van der Waals surface area contributed by atoms with Gasteiger partial charge in [-0.1, -0.05) is 44.3 Å². The van der Waals surface area contributed by atoms with Crippen molar-refractivity contribution in [2.75, 3.05) is 28.7 Å². The first-order valence-corrected chi connectivity index (χ1v) is 42.4. The van der Waals surface area contributed by atoms with E-state index in [1.165, 1.54) is 31.6 Å². The number of fused-ring (bicyclic) bond motifs is 10. The second-order valence-electron chi connectivity index (χ2n) is 32.8. The van der Waals surface area contributed by atoms with Crippen molar-refractivity contribution < 1.29 is 0 Å². The average Bonchev–Trinajstić information content (AvgIpc) is 1.62. The van der Waals surface area contributed by atoms with Crippen molar-refractivity contribution >= 4 is 124 Å². The van der Waals surface area contributed by atoms with Crippen molar-refractivity contribution in [3.8, 4) is 0 Å². The first-order chi connectivity index (χ1) is 62.8. The molecular formula is C86H119N43O5. The molecule has 0 atom stereocenters. The highest BCUT2D eigenvalue weighted by Crippen LogP contribution is 2.24. The predicted octanol–water partition coefficient (Wildman–Crippen LogP) is 10.9. The Bertz CT molecular complexity index is 6920. The fourth-order valence-corrected chi connectivity index (χ4v) is 13.0. The maximum atomic E-state index is 11.5. The summed E-state index contributed by atoms with van der Waals surface area (Å²) < 4.78 is 21.9. The van der Waals surface area contributed by atoms with Crippen molar-refractivity contribution in [2.24, 2.45) is 0 Å². The third-order valence-electron chi connectivity index (χ3n) is 19.8. The van der Waals surface area contributed by atoms with E-state index in [9.17, 15) is 24.0 Å². The summed E-state index contributed by atoms with van der Waals surface area (Å²) >= 11 is 0. The molecule has 0 aliphatic rings. The van der Waals surface area contributed by atoms with Gasteiger partial charge in [0.05, 0.1) is 66.4 Å². The summed E-state index contributed by atoms with van der Waals surface area (Å²) in [4.78, 5) is 130. The highest BCUT2D eigenvalue weighted by molar-refractivity contribution is 5.86. The predicted molar refractivity (Wildman–Crippen MR) is 518 cm³/mol. The SMILES string of the molecule is C.C.CC(C)c1cnc2c(N)ncnn12.CC(C)n1ccc(=O)c2nccn21.CC(C)n1ccc(=O)n2ccnc12.CC(C)n1ccc2c(N)ncnc21.CC(C)n1cnc2c(=O)[nH]cnc21.CC(C)n1cnc2c(N)ncnc21.CC(C)n1nnc2c(N)ccnc21.CC(C)n1nnc2c(N)ncnc21.Cc1cc(=O)c2ncn(C(C)C)c2[nH]1.Cc1nc2c(nnn2C(C)C)c(=O)[nH]1. The van der Waals surface area contributed by atoms with Crippen LogP contribution in [0.4, 0.5) is 29.0 Å². The topological polar surface area (TPSA) is 617 Å². The van der Waals surface area contributed by atoms with Gasteiger partial charge in [0.15, 0.2) is 84.6 Å². The number of rotatable bonds is 10. The van der Waals surface area contributed by atoms with Crippen LogP contribution < -0.4 is 56.2 Å². The molecular weight excluding hydrogens is 1720 g/mol. The molecule has 0 aliphatic carbocycles. The molecule has 20 rings (SSSR count). The summed E-state index contributed by atoms with van der Waals surface area (Å²) in [6.45, 7) is 44.5. The van der Waals surface area contributed by atoms with E-state index < -0.39 is 0 Å². The Hall–Kier alpha value is -16.4. The fourth-order valence-electron chi connectivity index (χ4n) is 13.0. The van der Waals surface area contributed by atoms with Crippen molar-refractivity contribution in [3.63, 3.8) is 0 Å². The van der Waals surface area contributed by atoms with Gasteiger partial charge in [0.2, 0.25) is 16.6 Å². The average molecular weight is 1840 g/mol. The molecule has 0 aliphatic heterocycles. The number of nitrogens with two attached hydrogens (primary N) is 5. The molecule has 20 aromatic heterocycles. The van der Waals surface area contributed by atoms with E-state index in [4.69, 9.17) is 28.7 Å². The zero-order chi connectivity index (χ0) is 96.0. The van der Waals surface area contributed by atoms with Crippen molar-refractivity contribution in [1.29, 1.82) is 0 Å². The van der Waals surface area contributed by atoms with Crippen LogP contribution in [0.2, 0.25) is 0 Å². The number of hydrogen-bond acceptors (Lipinski definition) is 33. The molecule has 48 heteroatoms. The number of nitrogens with zero attached hydrogens (tertiary/aromatic N) is 35. The zero-order valence-electron chi connectivity index (χ0n) is 77.6. The molecule has 20 heterocycles. The van der Waals surface area contributed by atoms with Crippen LogP contribution in [0, 0.1) is 13.8 Å². The van der Waals surface area contributed by atoms with Crippen molar-refractivity contribution in [3.05, 3.63) is 205 Å². The Morgan fingerprint density at radius 1 is 0.373 bits per heavy atom. The lowest BCUT2D eigenvalue weighted by atomic mass is 10.2. The third-order valence-corrected chi connectivity index (χ3v) is 19.8. The van der Waals surface area contributed by atoms with Crippen LogP contribution in [0.1, 0.15) is 231 Å². The summed E-state index contributed by atoms with van der Waals surface area (Å²) in [5, 5.41) is 28.5. The van der Waals surface area contributed by atoms with E-state index >= 15 is 0 Å². The molecule has 13 N–H and O–H groups in total. The van der Waals surface area contributed by atoms with E-state index in [1.54, 1.807) is 127 Å². The van der Waals surface area contributed by atoms with E-state index in [-0.39, 0.29) is 66.6 Å². The van der Waals surface area contributed by atoms with E-state index in [1.807, 2.05) is 97.5 Å². The number of H-pyrrole nitrogens is 3. The number of pyridine rings is 2. The van der Waals surface area contributed by atoms with Gasteiger partial charge in [-0.05, 0) is 157 Å². The highest BCUT2D eigenvalue weighted by atomic mass is 16.1. The normalized spacial score (nSPS) is 11.2. The molecule has 0 amide bonds. The van der Waals surface area contributed by atoms with Gasteiger partial charge < -0.3 is 66.5 Å². The number of aromatic nitrogens is 38. The van der Waals surface area contributed by atoms with Crippen LogP contribution in [-0.4, -0.2) is 186 Å². The number of nitrogens with one attached hydrogen (secondary N) is 3. The molecule has 0 saturated heterocycles. The molecule has 134 heavy (non-hydrogen) atoms. The molecule has 0 radical (unpaired) electrons. The highest BCUT2D eigenvalue weighted by Gasteiger charge is 2.19. The summed E-state index contributed by atoms with van der Waals surface area (Å²) in [5.74, 6) is 3.42. The Kier molecular flexibility index (Phi) is 33.5. The molecule has 708 valence electrons. The number of anilines is 5. The van der Waals surface area contributed by atoms with Gasteiger partial charge in [0.25, 0.3) is 16.7 Å². The van der Waals surface area contributed by atoms with Gasteiger partial charge in [-0.3, -0.25) is 33.1 Å². The van der Waals surface area contributed by atoms with Crippen LogP contribution in [0.5, 0.6) is 0 Å². The van der Waals surface area contributed by atoms with E-state index in [0.29, 0.717) is 138 Å². The minimum absolute atomic E-state index is 0. The number of nitrogen functional groups attached to an aromatic ring is 5. The molecule has 0 bridgehead atoms. The van der Waals surface area contributed by atoms with Gasteiger partial charge in [-0.25, -0.2) is 103 Å². The largest absolute Gasteiger partial charge is 0.397 e. The second kappa shape index (κ2) is 44.3. The third kappa shape index (κ3) is 22.9. The Labute approximate surface area is 767 Å². The van der Waals surface area contributed by atoms with Gasteiger partial charge in [-0.2, -0.15) is 5.10 Å². The quantitative estimate of drug-likeness (QED) is 0.0630. The van der Waals surface area contributed by atoms with Crippen LogP contribution in [0.15, 0.2) is 161 Å². The van der Waals surface area contributed by atoms with Crippen molar-refractivity contribution in [1.82, 2.24) is 186 Å². The van der Waals surface area contributed by atoms with Crippen molar-refractivity contribution in [2.45, 2.75) is 227 Å². The maximum absolute atomic E-state index is 11.5. The molecule has 0 aromatic carbocycles. The smallest absolute Gasteiger partial charge is 0.281 e. The van der Waals surface area contributed by atoms with Gasteiger partial charge in [0, 0.05) is 110 Å². The van der Waals surface area contributed by atoms with Crippen LogP contribution in [-0.2, 0) is 0 Å². The molecule has 0 saturated carbocycles. The summed E-state index contributed by atoms with van der Waals surface area (Å²) in [6, 6.07) is 10.9. The van der Waals surface area contributed by atoms with Gasteiger partial charge in [-0.15, -0.1) is 15.3 Å².